The highest BCUT2D eigenvalue weighted by atomic mass is 16.2. The van der Waals surface area contributed by atoms with Crippen molar-refractivity contribution in [2.75, 3.05) is 0 Å². The highest BCUT2D eigenvalue weighted by Gasteiger charge is 2.60. The van der Waals surface area contributed by atoms with Crippen molar-refractivity contribution >= 4 is 11.8 Å². The molecule has 142 valence electrons. The van der Waals surface area contributed by atoms with E-state index in [1.165, 1.54) is 0 Å². The summed E-state index contributed by atoms with van der Waals surface area (Å²) in [7, 11) is 0. The van der Waals surface area contributed by atoms with Crippen molar-refractivity contribution in [3.63, 3.8) is 0 Å². The Labute approximate surface area is 159 Å². The summed E-state index contributed by atoms with van der Waals surface area (Å²) in [6.07, 6.45) is 8.01. The lowest BCUT2D eigenvalue weighted by atomic mass is 9.69. The molecule has 2 amide bonds. The summed E-state index contributed by atoms with van der Waals surface area (Å²) in [6, 6.07) is 12.0. The molecule has 0 radical (unpaired) electrons. The van der Waals surface area contributed by atoms with Gasteiger partial charge in [-0.3, -0.25) is 14.3 Å². The smallest absolute Gasteiger partial charge is 0.226 e. The molecule has 0 aliphatic carbocycles. The molecule has 2 saturated heterocycles. The first-order valence-corrected chi connectivity index (χ1v) is 9.72. The molecule has 1 aromatic heterocycles. The summed E-state index contributed by atoms with van der Waals surface area (Å²) in [5.41, 5.74) is 6.37. The maximum atomic E-state index is 12.9. The summed E-state index contributed by atoms with van der Waals surface area (Å²) in [6.45, 7) is 0.729. The van der Waals surface area contributed by atoms with E-state index in [-0.39, 0.29) is 23.9 Å². The van der Waals surface area contributed by atoms with Gasteiger partial charge in [0, 0.05) is 37.4 Å². The number of benzene rings is 1. The van der Waals surface area contributed by atoms with Gasteiger partial charge in [0.2, 0.25) is 11.8 Å². The summed E-state index contributed by atoms with van der Waals surface area (Å²) in [5.74, 6) is -0.126. The van der Waals surface area contributed by atoms with Crippen LogP contribution in [0, 0.1) is 5.41 Å². The molecule has 2 bridgehead atoms. The molecule has 2 aromatic rings. The third-order valence-corrected chi connectivity index (χ3v) is 6.22. The lowest BCUT2D eigenvalue weighted by Crippen LogP contribution is -2.49. The zero-order valence-corrected chi connectivity index (χ0v) is 15.5. The Morgan fingerprint density at radius 2 is 2.00 bits per heavy atom. The molecule has 2 aliphatic rings. The van der Waals surface area contributed by atoms with Crippen molar-refractivity contribution in [3.8, 4) is 0 Å². The molecule has 3 heterocycles. The van der Waals surface area contributed by atoms with Crippen molar-refractivity contribution in [1.29, 1.82) is 0 Å². The maximum Gasteiger partial charge on any atom is 0.226 e. The predicted octanol–water partition coefficient (Wildman–Crippen LogP) is 2.14. The van der Waals surface area contributed by atoms with Crippen LogP contribution in [-0.4, -0.2) is 38.6 Å². The van der Waals surface area contributed by atoms with E-state index in [1.54, 1.807) is 6.20 Å². The maximum absolute atomic E-state index is 12.9. The monoisotopic (exact) mass is 366 g/mol. The van der Waals surface area contributed by atoms with E-state index in [4.69, 9.17) is 5.73 Å². The van der Waals surface area contributed by atoms with Gasteiger partial charge in [0.1, 0.15) is 0 Å². The molecule has 6 heteroatoms. The van der Waals surface area contributed by atoms with Gasteiger partial charge >= 0.3 is 0 Å². The van der Waals surface area contributed by atoms with Gasteiger partial charge in [-0.2, -0.15) is 5.10 Å². The average molecular weight is 366 g/mol. The molecule has 6 nitrogen and oxygen atoms in total. The average Bonchev–Trinajstić information content (AvgIpc) is 3.38. The number of hydrogen-bond acceptors (Lipinski definition) is 3. The Morgan fingerprint density at radius 3 is 2.70 bits per heavy atom. The zero-order valence-electron chi connectivity index (χ0n) is 15.5. The first-order valence-electron chi connectivity index (χ1n) is 9.72. The van der Waals surface area contributed by atoms with E-state index in [1.807, 2.05) is 52.2 Å². The lowest BCUT2D eigenvalue weighted by Gasteiger charge is -2.34. The van der Waals surface area contributed by atoms with E-state index in [9.17, 15) is 9.59 Å². The molecule has 4 rings (SSSR count). The SMILES string of the molecule is NC(=O)[C@]1(Cc2ccccc2)C[C@@H]2CC[C@H]1N2C(=O)CCCn1cccn1. The second kappa shape index (κ2) is 7.18. The fourth-order valence-corrected chi connectivity index (χ4v) is 5.02. The van der Waals surface area contributed by atoms with Gasteiger partial charge in [-0.1, -0.05) is 30.3 Å². The first kappa shape index (κ1) is 17.8. The van der Waals surface area contributed by atoms with Gasteiger partial charge in [0.05, 0.1) is 5.41 Å². The number of rotatable bonds is 7. The number of carbonyl (C=O) groups excluding carboxylic acids is 2. The number of nitrogens with two attached hydrogens (primary N) is 1. The predicted molar refractivity (Wildman–Crippen MR) is 102 cm³/mol. The van der Waals surface area contributed by atoms with Crippen LogP contribution in [0.1, 0.15) is 37.7 Å². The number of hydrogen-bond donors (Lipinski definition) is 1. The summed E-state index contributed by atoms with van der Waals surface area (Å²) < 4.78 is 1.84. The molecule has 0 saturated carbocycles. The molecule has 27 heavy (non-hydrogen) atoms. The Morgan fingerprint density at radius 1 is 1.19 bits per heavy atom. The number of carbonyl (C=O) groups is 2. The Balaban J connectivity index is 1.47. The molecule has 0 unspecified atom stereocenters. The summed E-state index contributed by atoms with van der Waals surface area (Å²) in [5, 5.41) is 4.18. The molecule has 1 aromatic carbocycles. The molecular formula is C21H26N4O2. The van der Waals surface area contributed by atoms with Gasteiger partial charge in [-0.05, 0) is 43.7 Å². The number of nitrogens with zero attached hydrogens (tertiary/aromatic N) is 3. The van der Waals surface area contributed by atoms with Crippen LogP contribution in [0.2, 0.25) is 0 Å². The molecule has 2 aliphatic heterocycles. The second-order valence-corrected chi connectivity index (χ2v) is 7.81. The van der Waals surface area contributed by atoms with Gasteiger partial charge in [0.15, 0.2) is 0 Å². The molecule has 2 N–H and O–H groups in total. The number of aryl methyl sites for hydroxylation is 1. The van der Waals surface area contributed by atoms with Crippen LogP contribution in [0.5, 0.6) is 0 Å². The first-order chi connectivity index (χ1) is 13.1. The van der Waals surface area contributed by atoms with Crippen LogP contribution >= 0.6 is 0 Å². The van der Waals surface area contributed by atoms with E-state index >= 15 is 0 Å². The molecule has 2 fully saturated rings. The minimum absolute atomic E-state index is 0.0718. The zero-order chi connectivity index (χ0) is 18.9. The largest absolute Gasteiger partial charge is 0.369 e. The number of primary amides is 1. The summed E-state index contributed by atoms with van der Waals surface area (Å²) >= 11 is 0. The fraction of sp³-hybridized carbons (Fsp3) is 0.476. The van der Waals surface area contributed by atoms with Crippen molar-refractivity contribution < 1.29 is 9.59 Å². The molecular weight excluding hydrogens is 340 g/mol. The Hall–Kier alpha value is -2.63. The number of aromatic nitrogens is 2. The topological polar surface area (TPSA) is 81.2 Å². The van der Waals surface area contributed by atoms with E-state index in [0.29, 0.717) is 19.3 Å². The van der Waals surface area contributed by atoms with Crippen molar-refractivity contribution in [1.82, 2.24) is 14.7 Å². The summed E-state index contributed by atoms with van der Waals surface area (Å²) in [4.78, 5) is 27.5. The van der Waals surface area contributed by atoms with Gasteiger partial charge in [0.25, 0.3) is 0 Å². The number of amides is 2. The fourth-order valence-electron chi connectivity index (χ4n) is 5.02. The molecule has 0 spiro atoms. The minimum Gasteiger partial charge on any atom is -0.369 e. The third kappa shape index (κ3) is 3.24. The van der Waals surface area contributed by atoms with Crippen LogP contribution in [0.15, 0.2) is 48.8 Å². The highest BCUT2D eigenvalue weighted by molar-refractivity contribution is 5.86. The van der Waals surface area contributed by atoms with Crippen LogP contribution < -0.4 is 5.73 Å². The van der Waals surface area contributed by atoms with Crippen LogP contribution in [0.25, 0.3) is 0 Å². The Kier molecular flexibility index (Phi) is 4.72. The van der Waals surface area contributed by atoms with Crippen LogP contribution in [0.3, 0.4) is 0 Å². The van der Waals surface area contributed by atoms with Crippen LogP contribution in [-0.2, 0) is 22.6 Å². The lowest BCUT2D eigenvalue weighted by molar-refractivity contribution is -0.135. The minimum atomic E-state index is -0.637. The van der Waals surface area contributed by atoms with E-state index in [2.05, 4.69) is 5.10 Å². The standard InChI is InChI=1S/C21H26N4O2/c22-20(27)21(14-16-6-2-1-3-7-16)15-17-9-10-18(21)25(17)19(26)8-4-12-24-13-5-11-23-24/h1-3,5-7,11,13,17-18H,4,8-10,12,14-15H2,(H2,22,27)/t17-,18+,21+/m0/s1. The molecule has 3 atom stereocenters. The van der Waals surface area contributed by atoms with Crippen molar-refractivity contribution in [2.45, 2.75) is 57.2 Å². The van der Waals surface area contributed by atoms with Crippen molar-refractivity contribution in [2.24, 2.45) is 11.1 Å². The second-order valence-electron chi connectivity index (χ2n) is 7.81. The Bertz CT molecular complexity index is 805. The number of fused-ring (bicyclic) bond motifs is 2. The van der Waals surface area contributed by atoms with E-state index < -0.39 is 5.41 Å². The van der Waals surface area contributed by atoms with Crippen molar-refractivity contribution in [3.05, 3.63) is 54.4 Å². The highest BCUT2D eigenvalue weighted by Crippen LogP contribution is 2.51. The van der Waals surface area contributed by atoms with Gasteiger partial charge in [-0.15, -0.1) is 0 Å². The van der Waals surface area contributed by atoms with Crippen LogP contribution in [0.4, 0.5) is 0 Å². The van der Waals surface area contributed by atoms with E-state index in [0.717, 1.165) is 31.4 Å². The third-order valence-electron chi connectivity index (χ3n) is 6.22. The van der Waals surface area contributed by atoms with Gasteiger partial charge in [-0.25, -0.2) is 0 Å². The van der Waals surface area contributed by atoms with Gasteiger partial charge < -0.3 is 10.6 Å². The quantitative estimate of drug-likeness (QED) is 0.815. The normalized spacial score (nSPS) is 26.4.